The zero-order valence-electron chi connectivity index (χ0n) is 11.2. The number of amides is 1. The smallest absolute Gasteiger partial charge is 0.328 e. The van der Waals surface area contributed by atoms with Crippen LogP contribution in [0.1, 0.15) is 22.8 Å². The number of nitrogens with two attached hydrogens (primary N) is 1. The van der Waals surface area contributed by atoms with E-state index in [1.165, 1.54) is 26.2 Å². The van der Waals surface area contributed by atoms with Crippen LogP contribution in [0, 0.1) is 17.7 Å². The zero-order valence-corrected chi connectivity index (χ0v) is 11.2. The molecular weight excluding hydrogens is 263 g/mol. The third kappa shape index (κ3) is 4.07. The Labute approximate surface area is 116 Å². The molecule has 0 bridgehead atoms. The summed E-state index contributed by atoms with van der Waals surface area (Å²) in [6.07, 6.45) is 0. The molecule has 20 heavy (non-hydrogen) atoms. The summed E-state index contributed by atoms with van der Waals surface area (Å²) in [5.74, 6) is 3.50. The normalized spacial score (nSPS) is 11.0. The molecule has 0 aliphatic carbocycles. The first kappa shape index (κ1) is 15.7. The molecule has 1 unspecified atom stereocenters. The van der Waals surface area contributed by atoms with Crippen LogP contribution in [0.4, 0.5) is 4.39 Å². The third-order valence-electron chi connectivity index (χ3n) is 2.45. The summed E-state index contributed by atoms with van der Waals surface area (Å²) >= 11 is 0. The van der Waals surface area contributed by atoms with E-state index in [1.807, 2.05) is 0 Å². The maximum absolute atomic E-state index is 13.2. The van der Waals surface area contributed by atoms with Crippen molar-refractivity contribution >= 4 is 11.9 Å². The SMILES string of the molecule is COC(=O)C(C)NC(=O)c1cc(F)ccc1C#CCN. The Balaban J connectivity index is 3.02. The molecular formula is C14H15FN2O3. The number of benzene rings is 1. The minimum absolute atomic E-state index is 0.0432. The van der Waals surface area contributed by atoms with Gasteiger partial charge in [0.2, 0.25) is 0 Å². The van der Waals surface area contributed by atoms with Gasteiger partial charge in [0.15, 0.2) is 0 Å². The van der Waals surface area contributed by atoms with Gasteiger partial charge in [-0.05, 0) is 25.1 Å². The molecule has 1 rings (SSSR count). The van der Waals surface area contributed by atoms with E-state index >= 15 is 0 Å². The first-order valence-corrected chi connectivity index (χ1v) is 5.86. The fraction of sp³-hybridized carbons (Fsp3) is 0.286. The van der Waals surface area contributed by atoms with Crippen molar-refractivity contribution in [3.8, 4) is 11.8 Å². The maximum atomic E-state index is 13.2. The molecule has 0 aliphatic rings. The molecule has 0 saturated heterocycles. The first-order chi connectivity index (χ1) is 9.49. The van der Waals surface area contributed by atoms with Crippen molar-refractivity contribution in [1.82, 2.24) is 5.32 Å². The topological polar surface area (TPSA) is 81.4 Å². The van der Waals surface area contributed by atoms with E-state index in [0.717, 1.165) is 6.07 Å². The van der Waals surface area contributed by atoms with Crippen LogP contribution in [0.3, 0.4) is 0 Å². The Bertz CT molecular complexity index is 576. The molecule has 1 aromatic carbocycles. The van der Waals surface area contributed by atoms with Gasteiger partial charge in [-0.15, -0.1) is 0 Å². The number of rotatable bonds is 3. The fourth-order valence-electron chi connectivity index (χ4n) is 1.47. The second kappa shape index (κ2) is 7.26. The molecule has 106 valence electrons. The number of halogens is 1. The Morgan fingerprint density at radius 3 is 2.80 bits per heavy atom. The molecule has 0 radical (unpaired) electrons. The predicted molar refractivity (Wildman–Crippen MR) is 71.3 cm³/mol. The van der Waals surface area contributed by atoms with Crippen molar-refractivity contribution in [3.05, 3.63) is 35.1 Å². The summed E-state index contributed by atoms with van der Waals surface area (Å²) in [7, 11) is 1.21. The van der Waals surface area contributed by atoms with Crippen LogP contribution in [0.15, 0.2) is 18.2 Å². The van der Waals surface area contributed by atoms with Crippen LogP contribution in [-0.4, -0.2) is 31.6 Å². The van der Waals surface area contributed by atoms with Gasteiger partial charge in [0.25, 0.3) is 5.91 Å². The number of carbonyl (C=O) groups excluding carboxylic acids is 2. The molecule has 5 nitrogen and oxygen atoms in total. The molecule has 1 amide bonds. The Hall–Kier alpha value is -2.39. The number of nitrogens with one attached hydrogen (secondary N) is 1. The lowest BCUT2D eigenvalue weighted by atomic mass is 10.1. The van der Waals surface area contributed by atoms with Gasteiger partial charge in [-0.1, -0.05) is 11.8 Å². The van der Waals surface area contributed by atoms with Gasteiger partial charge < -0.3 is 15.8 Å². The van der Waals surface area contributed by atoms with E-state index in [9.17, 15) is 14.0 Å². The van der Waals surface area contributed by atoms with E-state index in [4.69, 9.17) is 5.73 Å². The lowest BCUT2D eigenvalue weighted by Crippen LogP contribution is -2.39. The average Bonchev–Trinajstić information content (AvgIpc) is 2.44. The van der Waals surface area contributed by atoms with Gasteiger partial charge in [-0.2, -0.15) is 0 Å². The van der Waals surface area contributed by atoms with Crippen LogP contribution in [-0.2, 0) is 9.53 Å². The van der Waals surface area contributed by atoms with E-state index in [0.29, 0.717) is 5.56 Å². The van der Waals surface area contributed by atoms with Crippen molar-refractivity contribution in [1.29, 1.82) is 0 Å². The molecule has 3 N–H and O–H groups in total. The van der Waals surface area contributed by atoms with Gasteiger partial charge in [0.05, 0.1) is 19.2 Å². The molecule has 6 heteroatoms. The number of hydrogen-bond acceptors (Lipinski definition) is 4. The lowest BCUT2D eigenvalue weighted by Gasteiger charge is -2.12. The predicted octanol–water partition coefficient (Wildman–Crippen LogP) is 0.427. The molecule has 0 aliphatic heterocycles. The minimum Gasteiger partial charge on any atom is -0.467 e. The fourth-order valence-corrected chi connectivity index (χ4v) is 1.47. The second-order valence-electron chi connectivity index (χ2n) is 3.91. The van der Waals surface area contributed by atoms with E-state index in [-0.39, 0.29) is 12.1 Å². The molecule has 1 aromatic rings. The highest BCUT2D eigenvalue weighted by molar-refractivity contribution is 5.98. The van der Waals surface area contributed by atoms with Gasteiger partial charge in [0, 0.05) is 5.56 Å². The minimum atomic E-state index is -0.842. The average molecular weight is 278 g/mol. The highest BCUT2D eigenvalue weighted by Crippen LogP contribution is 2.11. The van der Waals surface area contributed by atoms with Gasteiger partial charge in [0.1, 0.15) is 11.9 Å². The standard InChI is InChI=1S/C14H15FN2O3/c1-9(14(19)20-2)17-13(18)12-8-11(15)6-5-10(12)4-3-7-16/h5-6,8-9H,7,16H2,1-2H3,(H,17,18). The summed E-state index contributed by atoms with van der Waals surface area (Å²) < 4.78 is 17.7. The quantitative estimate of drug-likeness (QED) is 0.620. The second-order valence-corrected chi connectivity index (χ2v) is 3.91. The summed E-state index contributed by atoms with van der Waals surface area (Å²) in [5.41, 5.74) is 5.64. The zero-order chi connectivity index (χ0) is 15.1. The molecule has 0 spiro atoms. The number of ether oxygens (including phenoxy) is 1. The first-order valence-electron chi connectivity index (χ1n) is 5.86. The van der Waals surface area contributed by atoms with Crippen LogP contribution in [0.5, 0.6) is 0 Å². The van der Waals surface area contributed by atoms with E-state index in [2.05, 4.69) is 21.9 Å². The van der Waals surface area contributed by atoms with Crippen LogP contribution in [0.2, 0.25) is 0 Å². The molecule has 1 atom stereocenters. The lowest BCUT2D eigenvalue weighted by molar-refractivity contribution is -0.142. The maximum Gasteiger partial charge on any atom is 0.328 e. The number of hydrogen-bond donors (Lipinski definition) is 2. The Morgan fingerprint density at radius 2 is 2.20 bits per heavy atom. The summed E-state index contributed by atoms with van der Waals surface area (Å²) in [6, 6.07) is 2.79. The molecule has 0 aromatic heterocycles. The number of esters is 1. The summed E-state index contributed by atoms with van der Waals surface area (Å²) in [6.45, 7) is 1.59. The highest BCUT2D eigenvalue weighted by Gasteiger charge is 2.19. The van der Waals surface area contributed by atoms with Gasteiger partial charge >= 0.3 is 5.97 Å². The van der Waals surface area contributed by atoms with Gasteiger partial charge in [-0.3, -0.25) is 4.79 Å². The van der Waals surface area contributed by atoms with Crippen molar-refractivity contribution in [2.24, 2.45) is 5.73 Å². The molecule has 0 heterocycles. The van der Waals surface area contributed by atoms with Crippen LogP contribution >= 0.6 is 0 Å². The Kier molecular flexibility index (Phi) is 5.69. The summed E-state index contributed by atoms with van der Waals surface area (Å²) in [5, 5.41) is 2.41. The third-order valence-corrected chi connectivity index (χ3v) is 2.45. The van der Waals surface area contributed by atoms with Gasteiger partial charge in [-0.25, -0.2) is 9.18 Å². The van der Waals surface area contributed by atoms with Crippen LogP contribution < -0.4 is 11.1 Å². The highest BCUT2D eigenvalue weighted by atomic mass is 19.1. The Morgan fingerprint density at radius 1 is 1.50 bits per heavy atom. The van der Waals surface area contributed by atoms with Crippen molar-refractivity contribution in [3.63, 3.8) is 0 Å². The summed E-state index contributed by atoms with van der Waals surface area (Å²) in [4.78, 5) is 23.3. The molecule has 0 fully saturated rings. The van der Waals surface area contributed by atoms with Crippen molar-refractivity contribution in [2.75, 3.05) is 13.7 Å². The van der Waals surface area contributed by atoms with E-state index in [1.54, 1.807) is 0 Å². The van der Waals surface area contributed by atoms with Crippen molar-refractivity contribution < 1.29 is 18.7 Å². The van der Waals surface area contributed by atoms with Crippen molar-refractivity contribution in [2.45, 2.75) is 13.0 Å². The number of methoxy groups -OCH3 is 1. The largest absolute Gasteiger partial charge is 0.467 e. The number of carbonyl (C=O) groups is 2. The monoisotopic (exact) mass is 278 g/mol. The van der Waals surface area contributed by atoms with E-state index < -0.39 is 23.7 Å². The molecule has 0 saturated carbocycles. The van der Waals surface area contributed by atoms with Crippen LogP contribution in [0.25, 0.3) is 0 Å².